The van der Waals surface area contributed by atoms with Gasteiger partial charge in [0.2, 0.25) is 17.7 Å². The molecule has 16 heteroatoms. The van der Waals surface area contributed by atoms with Gasteiger partial charge in [0.25, 0.3) is 0 Å². The van der Waals surface area contributed by atoms with Gasteiger partial charge in [-0.3, -0.25) is 19.4 Å². The number of carboxylic acid groups (broad SMARTS) is 1. The highest BCUT2D eigenvalue weighted by Gasteiger charge is 2.38. The summed E-state index contributed by atoms with van der Waals surface area (Å²) in [6.45, 7) is 0.677. The van der Waals surface area contributed by atoms with Gasteiger partial charge in [0.1, 0.15) is 18.1 Å². The summed E-state index contributed by atoms with van der Waals surface area (Å²) >= 11 is 0. The number of aliphatic carboxylic acids is 1. The van der Waals surface area contributed by atoms with Crippen LogP contribution in [0.25, 0.3) is 0 Å². The Morgan fingerprint density at radius 3 is 2.28 bits per heavy atom. The van der Waals surface area contributed by atoms with Gasteiger partial charge in [0.05, 0.1) is 18.7 Å². The fraction of sp³-hybridized carbons (Fsp3) is 0.522. The zero-order valence-corrected chi connectivity index (χ0v) is 21.4. The molecule has 11 N–H and O–H groups in total. The molecule has 0 aromatic carbocycles. The molecule has 212 valence electrons. The third-order valence-corrected chi connectivity index (χ3v) is 6.33. The van der Waals surface area contributed by atoms with Gasteiger partial charge in [0, 0.05) is 49.7 Å². The molecule has 0 radical (unpaired) electrons. The van der Waals surface area contributed by atoms with Crippen molar-refractivity contribution in [2.24, 2.45) is 22.2 Å². The highest BCUT2D eigenvalue weighted by Crippen LogP contribution is 2.19. The first-order valence-electron chi connectivity index (χ1n) is 12.5. The number of hydrogen-bond acceptors (Lipinski definition) is 8. The van der Waals surface area contributed by atoms with Crippen molar-refractivity contribution in [1.82, 2.24) is 35.5 Å². The molecule has 1 aliphatic rings. The Morgan fingerprint density at radius 1 is 1.08 bits per heavy atom. The van der Waals surface area contributed by atoms with E-state index in [1.165, 1.54) is 29.9 Å². The van der Waals surface area contributed by atoms with Crippen molar-refractivity contribution in [3.63, 3.8) is 0 Å². The molecule has 1 saturated heterocycles. The third-order valence-electron chi connectivity index (χ3n) is 6.33. The third kappa shape index (κ3) is 8.53. The molecule has 3 amide bonds. The van der Waals surface area contributed by atoms with E-state index in [0.29, 0.717) is 50.2 Å². The Hall–Kier alpha value is -4.47. The number of hydrogen-bond donors (Lipinski definition) is 8. The maximum absolute atomic E-state index is 13.3. The molecule has 0 bridgehead atoms. The number of amides is 3. The van der Waals surface area contributed by atoms with E-state index in [0.717, 1.165) is 0 Å². The van der Waals surface area contributed by atoms with Crippen molar-refractivity contribution in [3.05, 3.63) is 36.4 Å². The zero-order chi connectivity index (χ0) is 28.4. The number of aliphatic imine (C=N–C) groups is 1. The van der Waals surface area contributed by atoms with E-state index in [2.05, 4.69) is 35.6 Å². The lowest BCUT2D eigenvalue weighted by atomic mass is 10.1. The minimum atomic E-state index is -1.26. The first-order chi connectivity index (χ1) is 18.7. The molecule has 16 nitrogen and oxygen atoms in total. The summed E-state index contributed by atoms with van der Waals surface area (Å²) in [5, 5.41) is 14.8. The molecule has 0 saturated carbocycles. The molecule has 4 atom stereocenters. The monoisotopic (exact) mass is 545 g/mol. The molecule has 3 rings (SSSR count). The lowest BCUT2D eigenvalue weighted by Gasteiger charge is -2.28. The molecule has 1 fully saturated rings. The number of rotatable bonds is 14. The van der Waals surface area contributed by atoms with Crippen LogP contribution in [0.1, 0.15) is 37.1 Å². The first-order valence-corrected chi connectivity index (χ1v) is 12.5. The number of H-pyrrole nitrogens is 2. The summed E-state index contributed by atoms with van der Waals surface area (Å²) in [5.41, 5.74) is 17.8. The van der Waals surface area contributed by atoms with Gasteiger partial charge >= 0.3 is 5.97 Å². The standard InChI is InChI=1S/C23H35N11O5/c24-15(3-1-5-29-23(25)26)21(37)34-6-2-4-18(34)20(36)32-16(7-13-9-27-11-30-13)19(35)33-17(22(38)39)8-14-10-28-12-31-14/h9-12,15-18H,1-8,24H2,(H,27,30)(H,28,31)(H,32,36)(H,33,35)(H,38,39)(H4,25,26,29). The molecule has 4 unspecified atom stereocenters. The van der Waals surface area contributed by atoms with E-state index in [-0.39, 0.29) is 24.7 Å². The van der Waals surface area contributed by atoms with Crippen molar-refractivity contribution >= 4 is 29.7 Å². The maximum atomic E-state index is 13.3. The zero-order valence-electron chi connectivity index (χ0n) is 21.4. The number of nitrogens with one attached hydrogen (secondary N) is 4. The second-order valence-corrected chi connectivity index (χ2v) is 9.27. The Kier molecular flexibility index (Phi) is 10.4. The van der Waals surface area contributed by atoms with Crippen molar-refractivity contribution < 1.29 is 24.3 Å². The van der Waals surface area contributed by atoms with Gasteiger partial charge in [-0.25, -0.2) is 14.8 Å². The molecule has 2 aromatic heterocycles. The number of nitrogens with two attached hydrogens (primary N) is 3. The van der Waals surface area contributed by atoms with E-state index < -0.39 is 42.0 Å². The van der Waals surface area contributed by atoms with Crippen molar-refractivity contribution in [1.29, 1.82) is 0 Å². The number of carbonyl (C=O) groups excluding carboxylic acids is 3. The van der Waals surface area contributed by atoms with Crippen molar-refractivity contribution in [3.8, 4) is 0 Å². The predicted molar refractivity (Wildman–Crippen MR) is 139 cm³/mol. The van der Waals surface area contributed by atoms with Gasteiger partial charge < -0.3 is 47.8 Å². The van der Waals surface area contributed by atoms with E-state index >= 15 is 0 Å². The van der Waals surface area contributed by atoms with Crippen LogP contribution in [0.3, 0.4) is 0 Å². The predicted octanol–water partition coefficient (Wildman–Crippen LogP) is -2.66. The summed E-state index contributed by atoms with van der Waals surface area (Å²) in [7, 11) is 0. The summed E-state index contributed by atoms with van der Waals surface area (Å²) in [4.78, 5) is 70.1. The quantitative estimate of drug-likeness (QED) is 0.0693. The van der Waals surface area contributed by atoms with Crippen LogP contribution in [0.5, 0.6) is 0 Å². The fourth-order valence-corrected chi connectivity index (χ4v) is 4.34. The van der Waals surface area contributed by atoms with Gasteiger partial charge in [-0.1, -0.05) is 0 Å². The minimum absolute atomic E-state index is 0.0267. The maximum Gasteiger partial charge on any atom is 0.326 e. The summed E-state index contributed by atoms with van der Waals surface area (Å²) in [5.74, 6) is -2.90. The van der Waals surface area contributed by atoms with E-state index in [4.69, 9.17) is 17.2 Å². The van der Waals surface area contributed by atoms with Crippen LogP contribution in [-0.4, -0.2) is 96.8 Å². The minimum Gasteiger partial charge on any atom is -0.480 e. The highest BCUT2D eigenvalue weighted by molar-refractivity contribution is 5.94. The Balaban J connectivity index is 1.67. The second-order valence-electron chi connectivity index (χ2n) is 9.27. The number of aromatic nitrogens is 4. The molecule has 39 heavy (non-hydrogen) atoms. The average Bonchev–Trinajstić information content (AvgIpc) is 3.68. The topological polar surface area (TPSA) is 264 Å². The highest BCUT2D eigenvalue weighted by atomic mass is 16.4. The van der Waals surface area contributed by atoms with Crippen LogP contribution < -0.4 is 27.8 Å². The van der Waals surface area contributed by atoms with E-state index in [9.17, 15) is 24.3 Å². The summed E-state index contributed by atoms with van der Waals surface area (Å²) < 4.78 is 0. The molecule has 2 aromatic rings. The number of carbonyl (C=O) groups is 4. The normalized spacial score (nSPS) is 17.2. The molecule has 1 aliphatic heterocycles. The fourth-order valence-electron chi connectivity index (χ4n) is 4.34. The van der Waals surface area contributed by atoms with Gasteiger partial charge in [0.15, 0.2) is 5.96 Å². The van der Waals surface area contributed by atoms with Gasteiger partial charge in [-0.05, 0) is 25.7 Å². The van der Waals surface area contributed by atoms with E-state index in [1.807, 2.05) is 0 Å². The Labute approximate surface area is 224 Å². The SMILES string of the molecule is NC(N)=NCCCC(N)C(=O)N1CCCC1C(=O)NC(Cc1cnc[nH]1)C(=O)NC(Cc1cnc[nH]1)C(=O)O. The Morgan fingerprint density at radius 2 is 1.72 bits per heavy atom. The Bertz CT molecular complexity index is 1130. The number of aromatic amines is 2. The van der Waals surface area contributed by atoms with Crippen molar-refractivity contribution in [2.45, 2.75) is 62.7 Å². The lowest BCUT2D eigenvalue weighted by Crippen LogP contribution is -2.57. The molecule has 0 spiro atoms. The summed E-state index contributed by atoms with van der Waals surface area (Å²) in [6, 6.07) is -4.05. The number of carboxylic acids is 1. The number of imidazole rings is 2. The van der Waals surface area contributed by atoms with Crippen LogP contribution in [0.15, 0.2) is 30.0 Å². The number of guanidine groups is 1. The lowest BCUT2D eigenvalue weighted by molar-refractivity contribution is -0.143. The van der Waals surface area contributed by atoms with Crippen LogP contribution in [0, 0.1) is 0 Å². The van der Waals surface area contributed by atoms with Crippen LogP contribution in [0.2, 0.25) is 0 Å². The van der Waals surface area contributed by atoms with Gasteiger partial charge in [-0.2, -0.15) is 0 Å². The molecular weight excluding hydrogens is 510 g/mol. The number of likely N-dealkylation sites (tertiary alicyclic amines) is 1. The smallest absolute Gasteiger partial charge is 0.326 e. The van der Waals surface area contributed by atoms with E-state index in [1.54, 1.807) is 0 Å². The average molecular weight is 546 g/mol. The van der Waals surface area contributed by atoms with Crippen LogP contribution >= 0.6 is 0 Å². The largest absolute Gasteiger partial charge is 0.480 e. The van der Waals surface area contributed by atoms with Crippen molar-refractivity contribution in [2.75, 3.05) is 13.1 Å². The summed E-state index contributed by atoms with van der Waals surface area (Å²) in [6.07, 6.45) is 7.60. The second kappa shape index (κ2) is 13.9. The molecule has 0 aliphatic carbocycles. The molecular formula is C23H35N11O5. The molecule has 3 heterocycles. The van der Waals surface area contributed by atoms with Crippen LogP contribution in [-0.2, 0) is 32.0 Å². The first kappa shape index (κ1) is 29.1. The van der Waals surface area contributed by atoms with Crippen LogP contribution in [0.4, 0.5) is 0 Å². The van der Waals surface area contributed by atoms with Gasteiger partial charge in [-0.15, -0.1) is 0 Å². The number of nitrogens with zero attached hydrogens (tertiary/aromatic N) is 4.